The highest BCUT2D eigenvalue weighted by atomic mass is 32.1. The van der Waals surface area contributed by atoms with Crippen molar-refractivity contribution in [2.24, 2.45) is 5.16 Å². The minimum Gasteiger partial charge on any atom is -0.481 e. The van der Waals surface area contributed by atoms with Crippen molar-refractivity contribution in [3.63, 3.8) is 0 Å². The lowest BCUT2D eigenvalue weighted by molar-refractivity contribution is -0.133. The van der Waals surface area contributed by atoms with Crippen LogP contribution in [0.2, 0.25) is 0 Å². The lowest BCUT2D eigenvalue weighted by atomic mass is 9.97. The molecule has 4 heterocycles. The molecule has 5 rings (SSSR count). The van der Waals surface area contributed by atoms with Crippen molar-refractivity contribution in [2.45, 2.75) is 50.7 Å². The minimum absolute atomic E-state index is 0.117. The molecule has 0 aliphatic carbocycles. The molecular weight excluding hydrogens is 550 g/mol. The number of carbonyl (C=O) groups is 1. The van der Waals surface area contributed by atoms with Crippen LogP contribution in [0.4, 0.5) is 17.6 Å². The molecule has 13 heteroatoms. The molecular formula is C27H25F4N5O3S. The second-order valence-electron chi connectivity index (χ2n) is 9.35. The molecule has 2 aliphatic rings. The third-order valence-electron chi connectivity index (χ3n) is 6.82. The molecule has 1 aromatic carbocycles. The van der Waals surface area contributed by atoms with E-state index in [1.54, 1.807) is 4.90 Å². The highest BCUT2D eigenvalue weighted by Gasteiger charge is 2.31. The van der Waals surface area contributed by atoms with Crippen molar-refractivity contribution in [1.29, 1.82) is 0 Å². The van der Waals surface area contributed by atoms with E-state index >= 15 is 0 Å². The van der Waals surface area contributed by atoms with E-state index in [9.17, 15) is 22.4 Å². The van der Waals surface area contributed by atoms with Gasteiger partial charge in [-0.3, -0.25) is 9.48 Å². The average Bonchev–Trinajstić information content (AvgIpc) is 3.72. The van der Waals surface area contributed by atoms with Crippen LogP contribution in [0.1, 0.15) is 71.8 Å². The van der Waals surface area contributed by atoms with Gasteiger partial charge in [0.15, 0.2) is 6.10 Å². The van der Waals surface area contributed by atoms with Crippen LogP contribution in [0.25, 0.3) is 0 Å². The number of alkyl halides is 4. The molecule has 0 N–H and O–H groups in total. The molecule has 210 valence electrons. The van der Waals surface area contributed by atoms with Crippen LogP contribution in [-0.4, -0.2) is 51.0 Å². The molecule has 1 atom stereocenters. The Bertz CT molecular complexity index is 1430. The zero-order chi connectivity index (χ0) is 28.2. The Morgan fingerprint density at radius 2 is 1.98 bits per heavy atom. The zero-order valence-electron chi connectivity index (χ0n) is 21.2. The van der Waals surface area contributed by atoms with E-state index in [0.717, 1.165) is 22.0 Å². The number of piperidine rings is 1. The van der Waals surface area contributed by atoms with Crippen LogP contribution >= 0.6 is 11.3 Å². The second kappa shape index (κ2) is 12.1. The number of terminal acetylenes is 1. The quantitative estimate of drug-likeness (QED) is 0.249. The molecule has 8 nitrogen and oxygen atoms in total. The number of hydrogen-bond donors (Lipinski definition) is 0. The van der Waals surface area contributed by atoms with E-state index in [1.807, 2.05) is 29.6 Å². The summed E-state index contributed by atoms with van der Waals surface area (Å²) in [5.41, 5.74) is 0.843. The van der Waals surface area contributed by atoms with Crippen molar-refractivity contribution in [2.75, 3.05) is 19.7 Å². The number of ether oxygens (including phenoxy) is 1. The molecule has 1 amide bonds. The Morgan fingerprint density at radius 1 is 1.20 bits per heavy atom. The van der Waals surface area contributed by atoms with E-state index < -0.39 is 36.7 Å². The highest BCUT2D eigenvalue weighted by Crippen LogP contribution is 2.36. The third kappa shape index (κ3) is 5.96. The van der Waals surface area contributed by atoms with Gasteiger partial charge in [-0.2, -0.15) is 5.10 Å². The largest absolute Gasteiger partial charge is 0.481 e. The number of nitrogens with zero attached hydrogens (tertiary/aromatic N) is 5. The Kier molecular flexibility index (Phi) is 8.35. The molecule has 2 aromatic heterocycles. The summed E-state index contributed by atoms with van der Waals surface area (Å²) in [4.78, 5) is 24.8. The van der Waals surface area contributed by atoms with Gasteiger partial charge in [-0.25, -0.2) is 22.5 Å². The summed E-state index contributed by atoms with van der Waals surface area (Å²) >= 11 is 1.51. The van der Waals surface area contributed by atoms with Crippen molar-refractivity contribution in [1.82, 2.24) is 19.7 Å². The van der Waals surface area contributed by atoms with Gasteiger partial charge < -0.3 is 14.5 Å². The van der Waals surface area contributed by atoms with E-state index in [2.05, 4.69) is 16.2 Å². The van der Waals surface area contributed by atoms with Gasteiger partial charge in [-0.15, -0.1) is 17.8 Å². The Morgan fingerprint density at radius 3 is 2.70 bits per heavy atom. The lowest BCUT2D eigenvalue weighted by Crippen LogP contribution is -2.40. The average molecular weight is 576 g/mol. The summed E-state index contributed by atoms with van der Waals surface area (Å²) in [6, 6.07) is 8.14. The first-order chi connectivity index (χ1) is 19.3. The molecule has 0 unspecified atom stereocenters. The second-order valence-corrected chi connectivity index (χ2v) is 10.2. The first-order valence-corrected chi connectivity index (χ1v) is 13.5. The van der Waals surface area contributed by atoms with Gasteiger partial charge in [0.05, 0.1) is 10.7 Å². The summed E-state index contributed by atoms with van der Waals surface area (Å²) in [5, 5.41) is 10.6. The number of benzene rings is 1. The SMILES string of the molecule is C#CCOc1ccccc1[C@@H]1CC(c2csc(C3CCN(C(=O)Cn4nc(C(F)F)cc4C(F)F)CC3)n2)=NO1. The van der Waals surface area contributed by atoms with Crippen LogP contribution < -0.4 is 4.74 Å². The molecule has 1 fully saturated rings. The number of carbonyl (C=O) groups excluding carboxylic acids is 1. The van der Waals surface area contributed by atoms with Gasteiger partial charge in [0, 0.05) is 36.4 Å². The topological polar surface area (TPSA) is 81.8 Å². The monoisotopic (exact) mass is 575 g/mol. The molecule has 0 bridgehead atoms. The van der Waals surface area contributed by atoms with E-state index in [-0.39, 0.29) is 18.6 Å². The van der Waals surface area contributed by atoms with E-state index in [4.69, 9.17) is 21.0 Å². The molecule has 3 aromatic rings. The van der Waals surface area contributed by atoms with Crippen LogP contribution in [-0.2, 0) is 16.2 Å². The fraction of sp³-hybridized carbons (Fsp3) is 0.407. The molecule has 0 saturated carbocycles. The summed E-state index contributed by atoms with van der Waals surface area (Å²) in [5.74, 6) is 2.77. The summed E-state index contributed by atoms with van der Waals surface area (Å²) in [7, 11) is 0. The van der Waals surface area contributed by atoms with Crippen LogP contribution in [0.15, 0.2) is 40.9 Å². The smallest absolute Gasteiger partial charge is 0.282 e. The fourth-order valence-electron chi connectivity index (χ4n) is 4.77. The standard InChI is InChI=1S/C27H25F4N5O3S/c1-2-11-38-22-6-4-3-5-17(22)23-13-18(34-39-23)20-15-40-27(32-20)16-7-9-35(10-8-16)24(37)14-36-21(26(30)31)12-19(33-36)25(28)29/h1,3-6,12,15-16,23,25-26H,7-11,13-14H2/t23-/m0/s1. The Labute approximate surface area is 231 Å². The van der Waals surface area contributed by atoms with Gasteiger partial charge in [0.2, 0.25) is 5.91 Å². The van der Waals surface area contributed by atoms with Gasteiger partial charge >= 0.3 is 0 Å². The predicted molar refractivity (Wildman–Crippen MR) is 139 cm³/mol. The summed E-state index contributed by atoms with van der Waals surface area (Å²) in [6.07, 6.45) is 0.770. The number of likely N-dealkylation sites (tertiary alicyclic amines) is 1. The number of hydrogen-bond acceptors (Lipinski definition) is 7. The maximum atomic E-state index is 13.3. The number of aromatic nitrogens is 3. The normalized spacial score (nSPS) is 17.7. The van der Waals surface area contributed by atoms with E-state index in [1.165, 1.54) is 11.3 Å². The van der Waals surface area contributed by atoms with Crippen LogP contribution in [0.3, 0.4) is 0 Å². The number of para-hydroxylation sites is 1. The number of rotatable bonds is 9. The Balaban J connectivity index is 1.16. The van der Waals surface area contributed by atoms with Crippen LogP contribution in [0.5, 0.6) is 5.75 Å². The van der Waals surface area contributed by atoms with Crippen LogP contribution in [0, 0.1) is 12.3 Å². The summed E-state index contributed by atoms with van der Waals surface area (Å²) in [6.45, 7) is 0.422. The predicted octanol–water partition coefficient (Wildman–Crippen LogP) is 5.50. The van der Waals surface area contributed by atoms with E-state index in [0.29, 0.717) is 48.8 Å². The molecule has 40 heavy (non-hydrogen) atoms. The number of oxime groups is 1. The molecule has 0 spiro atoms. The van der Waals surface area contributed by atoms with Gasteiger partial charge in [0.25, 0.3) is 12.9 Å². The number of halogens is 4. The van der Waals surface area contributed by atoms with Crippen molar-refractivity contribution in [3.8, 4) is 18.1 Å². The Hall–Kier alpha value is -3.92. The molecule has 1 saturated heterocycles. The molecule has 2 aliphatic heterocycles. The lowest BCUT2D eigenvalue weighted by Gasteiger charge is -2.31. The summed E-state index contributed by atoms with van der Waals surface area (Å²) < 4.78 is 58.7. The van der Waals surface area contributed by atoms with Gasteiger partial charge in [-0.1, -0.05) is 29.3 Å². The number of thiazole rings is 1. The highest BCUT2D eigenvalue weighted by molar-refractivity contribution is 7.10. The fourth-order valence-corrected chi connectivity index (χ4v) is 5.77. The van der Waals surface area contributed by atoms with Gasteiger partial charge in [0.1, 0.15) is 36.0 Å². The van der Waals surface area contributed by atoms with Gasteiger partial charge in [-0.05, 0) is 25.0 Å². The maximum absolute atomic E-state index is 13.3. The zero-order valence-corrected chi connectivity index (χ0v) is 22.0. The molecule has 0 radical (unpaired) electrons. The first-order valence-electron chi connectivity index (χ1n) is 12.6. The van der Waals surface area contributed by atoms with Crippen molar-refractivity contribution >= 4 is 23.0 Å². The van der Waals surface area contributed by atoms with Crippen molar-refractivity contribution < 1.29 is 31.9 Å². The van der Waals surface area contributed by atoms with Crippen molar-refractivity contribution in [3.05, 3.63) is 63.4 Å². The third-order valence-corrected chi connectivity index (χ3v) is 7.83. The number of amides is 1. The first kappa shape index (κ1) is 27.6. The minimum atomic E-state index is -3.01. The maximum Gasteiger partial charge on any atom is 0.282 e.